The van der Waals surface area contributed by atoms with Crippen molar-refractivity contribution in [3.05, 3.63) is 0 Å². The van der Waals surface area contributed by atoms with Gasteiger partial charge in [-0.15, -0.1) is 0 Å². The largest absolute Gasteiger partial charge is 0.311 e. The van der Waals surface area contributed by atoms with E-state index in [1.807, 2.05) is 0 Å². The van der Waals surface area contributed by atoms with Crippen molar-refractivity contribution < 1.29 is 0 Å². The Morgan fingerprint density at radius 2 is 1.32 bits per heavy atom. The third-order valence-corrected chi connectivity index (χ3v) is 3.84. The summed E-state index contributed by atoms with van der Waals surface area (Å²) >= 11 is 0. The van der Waals surface area contributed by atoms with E-state index < -0.39 is 0 Å². The smallest absolute Gasteiger partial charge is 0.00967 e. The standard InChI is InChI=1S/C17H38N2/c1-10-17(11-2,12-18-16(6,7)8)14-19(9)13-15(3,4)5/h18H,10-14H2,1-9H3. The van der Waals surface area contributed by atoms with Crippen molar-refractivity contribution in [2.45, 2.75) is 73.8 Å². The summed E-state index contributed by atoms with van der Waals surface area (Å²) in [5, 5.41) is 3.71. The molecule has 0 atom stereocenters. The lowest BCUT2D eigenvalue weighted by atomic mass is 9.80. The number of nitrogens with one attached hydrogen (secondary N) is 1. The van der Waals surface area contributed by atoms with Gasteiger partial charge in [-0.2, -0.15) is 0 Å². The SMILES string of the molecule is CCC(CC)(CNC(C)(C)C)CN(C)CC(C)(C)C. The third kappa shape index (κ3) is 8.65. The highest BCUT2D eigenvalue weighted by Gasteiger charge is 2.30. The number of rotatable bonds is 7. The Morgan fingerprint density at radius 3 is 1.63 bits per heavy atom. The first kappa shape index (κ1) is 18.9. The first-order chi connectivity index (χ1) is 8.43. The number of hydrogen-bond donors (Lipinski definition) is 1. The molecule has 116 valence electrons. The van der Waals surface area contributed by atoms with Crippen molar-refractivity contribution in [3.8, 4) is 0 Å². The summed E-state index contributed by atoms with van der Waals surface area (Å²) in [7, 11) is 2.27. The Morgan fingerprint density at radius 1 is 0.842 bits per heavy atom. The van der Waals surface area contributed by atoms with E-state index in [1.165, 1.54) is 19.4 Å². The van der Waals surface area contributed by atoms with Gasteiger partial charge in [-0.05, 0) is 51.5 Å². The van der Waals surface area contributed by atoms with Crippen LogP contribution in [-0.2, 0) is 0 Å². The maximum absolute atomic E-state index is 3.71. The maximum Gasteiger partial charge on any atom is 0.00967 e. The van der Waals surface area contributed by atoms with Crippen molar-refractivity contribution in [1.29, 1.82) is 0 Å². The summed E-state index contributed by atoms with van der Waals surface area (Å²) in [5.41, 5.74) is 0.977. The van der Waals surface area contributed by atoms with Crippen LogP contribution in [0.4, 0.5) is 0 Å². The molecule has 19 heavy (non-hydrogen) atoms. The average molecular weight is 271 g/mol. The summed E-state index contributed by atoms with van der Waals surface area (Å²) in [5.74, 6) is 0. The Hall–Kier alpha value is -0.0800. The van der Waals surface area contributed by atoms with Crippen molar-refractivity contribution in [2.75, 3.05) is 26.7 Å². The second-order valence-corrected chi connectivity index (χ2v) is 8.54. The second-order valence-electron chi connectivity index (χ2n) is 8.54. The summed E-state index contributed by atoms with van der Waals surface area (Å²) in [6.07, 6.45) is 2.47. The van der Waals surface area contributed by atoms with E-state index in [4.69, 9.17) is 0 Å². The molecule has 0 unspecified atom stereocenters. The van der Waals surface area contributed by atoms with Crippen LogP contribution in [0.5, 0.6) is 0 Å². The Bertz CT molecular complexity index is 241. The van der Waals surface area contributed by atoms with E-state index in [9.17, 15) is 0 Å². The van der Waals surface area contributed by atoms with Crippen molar-refractivity contribution in [1.82, 2.24) is 10.2 Å². The summed E-state index contributed by atoms with van der Waals surface area (Å²) in [4.78, 5) is 2.51. The Kier molecular flexibility index (Phi) is 7.05. The molecule has 0 aromatic carbocycles. The van der Waals surface area contributed by atoms with Gasteiger partial charge in [-0.1, -0.05) is 34.6 Å². The molecule has 0 amide bonds. The topological polar surface area (TPSA) is 15.3 Å². The predicted molar refractivity (Wildman–Crippen MR) is 87.7 cm³/mol. The van der Waals surface area contributed by atoms with E-state index in [-0.39, 0.29) is 5.54 Å². The van der Waals surface area contributed by atoms with E-state index in [1.54, 1.807) is 0 Å². The molecule has 0 saturated carbocycles. The molecule has 0 fully saturated rings. The van der Waals surface area contributed by atoms with Gasteiger partial charge in [0.15, 0.2) is 0 Å². The predicted octanol–water partition coefficient (Wildman–Crippen LogP) is 4.16. The normalized spacial score (nSPS) is 14.2. The van der Waals surface area contributed by atoms with E-state index in [0.717, 1.165) is 13.1 Å². The van der Waals surface area contributed by atoms with Crippen LogP contribution in [-0.4, -0.2) is 37.1 Å². The average Bonchev–Trinajstić information content (AvgIpc) is 2.20. The maximum atomic E-state index is 3.71. The van der Waals surface area contributed by atoms with E-state index in [0.29, 0.717) is 10.8 Å². The second kappa shape index (κ2) is 7.08. The van der Waals surface area contributed by atoms with Crippen LogP contribution in [0, 0.1) is 10.8 Å². The van der Waals surface area contributed by atoms with Crippen molar-refractivity contribution >= 4 is 0 Å². The van der Waals surface area contributed by atoms with Gasteiger partial charge in [0, 0.05) is 25.2 Å². The third-order valence-electron chi connectivity index (χ3n) is 3.84. The minimum absolute atomic E-state index is 0.207. The van der Waals surface area contributed by atoms with E-state index >= 15 is 0 Å². The highest BCUT2D eigenvalue weighted by atomic mass is 15.1. The molecule has 0 aliphatic carbocycles. The van der Waals surface area contributed by atoms with Crippen LogP contribution in [0.1, 0.15) is 68.2 Å². The molecule has 0 aromatic rings. The molecule has 2 heteroatoms. The van der Waals surface area contributed by atoms with Crippen LogP contribution in [0.2, 0.25) is 0 Å². The molecule has 0 heterocycles. The van der Waals surface area contributed by atoms with Crippen LogP contribution >= 0.6 is 0 Å². The lowest BCUT2D eigenvalue weighted by Crippen LogP contribution is -2.48. The van der Waals surface area contributed by atoms with Crippen molar-refractivity contribution in [2.24, 2.45) is 10.8 Å². The Balaban J connectivity index is 4.61. The number of nitrogens with zero attached hydrogens (tertiary/aromatic N) is 1. The zero-order chi connectivity index (χ0) is 15.3. The molecule has 0 radical (unpaired) electrons. The lowest BCUT2D eigenvalue weighted by molar-refractivity contribution is 0.118. The molecule has 0 aliphatic heterocycles. The van der Waals surface area contributed by atoms with Crippen LogP contribution in [0.25, 0.3) is 0 Å². The van der Waals surface area contributed by atoms with Gasteiger partial charge in [0.1, 0.15) is 0 Å². The molecule has 0 rings (SSSR count). The quantitative estimate of drug-likeness (QED) is 0.747. The molecule has 0 bridgehead atoms. The fourth-order valence-electron chi connectivity index (χ4n) is 2.67. The molecule has 0 aromatic heterocycles. The van der Waals surface area contributed by atoms with Gasteiger partial charge in [-0.3, -0.25) is 0 Å². The van der Waals surface area contributed by atoms with Crippen LogP contribution in [0.15, 0.2) is 0 Å². The first-order valence-corrected chi connectivity index (χ1v) is 7.87. The minimum Gasteiger partial charge on any atom is -0.311 e. The van der Waals surface area contributed by atoms with Gasteiger partial charge >= 0.3 is 0 Å². The number of hydrogen-bond acceptors (Lipinski definition) is 2. The molecular weight excluding hydrogens is 232 g/mol. The molecule has 1 N–H and O–H groups in total. The summed E-state index contributed by atoms with van der Waals surface area (Å²) in [6, 6.07) is 0. The molecule has 0 spiro atoms. The monoisotopic (exact) mass is 270 g/mol. The Labute approximate surface area is 122 Å². The zero-order valence-electron chi connectivity index (χ0n) is 15.0. The van der Waals surface area contributed by atoms with Crippen molar-refractivity contribution in [3.63, 3.8) is 0 Å². The summed E-state index contributed by atoms with van der Waals surface area (Å²) < 4.78 is 0. The van der Waals surface area contributed by atoms with Gasteiger partial charge in [0.25, 0.3) is 0 Å². The van der Waals surface area contributed by atoms with Gasteiger partial charge in [0.05, 0.1) is 0 Å². The fraction of sp³-hybridized carbons (Fsp3) is 1.00. The molecule has 2 nitrogen and oxygen atoms in total. The lowest BCUT2D eigenvalue weighted by Gasteiger charge is -2.40. The molecule has 0 saturated heterocycles. The van der Waals surface area contributed by atoms with Gasteiger partial charge < -0.3 is 10.2 Å². The van der Waals surface area contributed by atoms with Crippen LogP contribution in [0.3, 0.4) is 0 Å². The highest BCUT2D eigenvalue weighted by molar-refractivity contribution is 4.86. The fourth-order valence-corrected chi connectivity index (χ4v) is 2.67. The zero-order valence-corrected chi connectivity index (χ0v) is 15.0. The minimum atomic E-state index is 0.207. The van der Waals surface area contributed by atoms with Crippen LogP contribution < -0.4 is 5.32 Å². The first-order valence-electron chi connectivity index (χ1n) is 7.87. The van der Waals surface area contributed by atoms with E-state index in [2.05, 4.69) is 72.7 Å². The molecule has 0 aliphatic rings. The highest BCUT2D eigenvalue weighted by Crippen LogP contribution is 2.28. The molecular formula is C17H38N2. The van der Waals surface area contributed by atoms with Gasteiger partial charge in [0.2, 0.25) is 0 Å². The van der Waals surface area contributed by atoms with Gasteiger partial charge in [-0.25, -0.2) is 0 Å². The summed E-state index contributed by atoms with van der Waals surface area (Å²) in [6.45, 7) is 21.8.